The number of aryl methyl sites for hydroxylation is 1. The normalized spacial score (nSPS) is 10.8. The molecule has 2 rings (SSSR count). The summed E-state index contributed by atoms with van der Waals surface area (Å²) < 4.78 is 6.41. The second-order valence-electron chi connectivity index (χ2n) is 4.40. The number of esters is 1. The molecule has 1 N–H and O–H groups in total. The van der Waals surface area contributed by atoms with Crippen LogP contribution in [0.1, 0.15) is 35.1 Å². The first-order valence-electron chi connectivity index (χ1n) is 5.86. The van der Waals surface area contributed by atoms with Crippen LogP contribution < -0.4 is 5.32 Å². The number of aromatic nitrogens is 3. The maximum atomic E-state index is 11.4. The Hall–Kier alpha value is -1.89. The van der Waals surface area contributed by atoms with E-state index in [1.807, 2.05) is 13.2 Å². The van der Waals surface area contributed by atoms with Crippen LogP contribution in [0.4, 0.5) is 10.8 Å². The summed E-state index contributed by atoms with van der Waals surface area (Å²) >= 11 is 1.26. The van der Waals surface area contributed by atoms with Crippen LogP contribution in [0.25, 0.3) is 0 Å². The molecule has 102 valence electrons. The second kappa shape index (κ2) is 5.40. The molecule has 0 aliphatic heterocycles. The summed E-state index contributed by atoms with van der Waals surface area (Å²) in [5, 5.41) is 8.24. The van der Waals surface area contributed by atoms with Gasteiger partial charge in [0.1, 0.15) is 4.88 Å². The molecule has 2 aromatic heterocycles. The largest absolute Gasteiger partial charge is 0.465 e. The Morgan fingerprint density at radius 2 is 2.26 bits per heavy atom. The molecule has 0 radical (unpaired) electrons. The number of ether oxygens (including phenoxy) is 1. The molecule has 0 fully saturated rings. The minimum atomic E-state index is -0.374. The van der Waals surface area contributed by atoms with E-state index in [4.69, 9.17) is 0 Å². The Morgan fingerprint density at radius 3 is 2.89 bits per heavy atom. The molecule has 0 unspecified atom stereocenters. The number of thiazole rings is 1. The lowest BCUT2D eigenvalue weighted by atomic mass is 10.1. The Bertz CT molecular complexity index is 588. The number of hydrogen-bond donors (Lipinski definition) is 1. The van der Waals surface area contributed by atoms with E-state index in [1.54, 1.807) is 4.68 Å². The fourth-order valence-electron chi connectivity index (χ4n) is 1.67. The number of nitrogens with zero attached hydrogens (tertiary/aromatic N) is 3. The standard InChI is InChI=1S/C12H16N4O2S/c1-7(2)10-8(6-16(3)15-10)14-12-13-5-9(19-12)11(17)18-4/h5-7H,1-4H3,(H,13,14). The van der Waals surface area contributed by atoms with Crippen molar-refractivity contribution in [3.05, 3.63) is 23.0 Å². The highest BCUT2D eigenvalue weighted by molar-refractivity contribution is 7.17. The molecule has 0 aliphatic rings. The van der Waals surface area contributed by atoms with Gasteiger partial charge < -0.3 is 10.1 Å². The number of carbonyl (C=O) groups excluding carboxylic acids is 1. The van der Waals surface area contributed by atoms with Crippen LogP contribution in [0.15, 0.2) is 12.4 Å². The minimum absolute atomic E-state index is 0.309. The molecule has 0 spiro atoms. The Kier molecular flexibility index (Phi) is 3.84. The molecular formula is C12H16N4O2S. The summed E-state index contributed by atoms with van der Waals surface area (Å²) in [4.78, 5) is 16.0. The fraction of sp³-hybridized carbons (Fsp3) is 0.417. The van der Waals surface area contributed by atoms with Crippen LogP contribution in [0.3, 0.4) is 0 Å². The Balaban J connectivity index is 2.21. The zero-order valence-electron chi connectivity index (χ0n) is 11.3. The third-order valence-electron chi connectivity index (χ3n) is 2.54. The average molecular weight is 280 g/mol. The number of methoxy groups -OCH3 is 1. The molecule has 0 saturated heterocycles. The third kappa shape index (κ3) is 2.93. The van der Waals surface area contributed by atoms with Gasteiger partial charge in [-0.25, -0.2) is 9.78 Å². The Labute approximate surface area is 115 Å². The van der Waals surface area contributed by atoms with Crippen molar-refractivity contribution in [3.63, 3.8) is 0 Å². The number of rotatable bonds is 4. The molecule has 0 aliphatic carbocycles. The van der Waals surface area contributed by atoms with E-state index in [0.717, 1.165) is 11.4 Å². The average Bonchev–Trinajstić information content (AvgIpc) is 2.96. The van der Waals surface area contributed by atoms with Gasteiger partial charge in [0.25, 0.3) is 0 Å². The van der Waals surface area contributed by atoms with Crippen LogP contribution in [0, 0.1) is 0 Å². The van der Waals surface area contributed by atoms with E-state index < -0.39 is 0 Å². The summed E-state index contributed by atoms with van der Waals surface area (Å²) in [7, 11) is 3.23. The zero-order valence-corrected chi connectivity index (χ0v) is 12.1. The molecule has 2 heterocycles. The van der Waals surface area contributed by atoms with Gasteiger partial charge >= 0.3 is 5.97 Å². The summed E-state index contributed by atoms with van der Waals surface area (Å²) in [6.07, 6.45) is 3.40. The lowest BCUT2D eigenvalue weighted by Gasteiger charge is -2.05. The summed E-state index contributed by atoms with van der Waals surface area (Å²) in [5.41, 5.74) is 1.88. The van der Waals surface area contributed by atoms with Gasteiger partial charge in [-0.3, -0.25) is 4.68 Å². The monoisotopic (exact) mass is 280 g/mol. The van der Waals surface area contributed by atoms with Crippen molar-refractivity contribution < 1.29 is 9.53 Å². The second-order valence-corrected chi connectivity index (χ2v) is 5.43. The topological polar surface area (TPSA) is 69.0 Å². The number of nitrogens with one attached hydrogen (secondary N) is 1. The van der Waals surface area contributed by atoms with Crippen LogP contribution in [-0.2, 0) is 11.8 Å². The van der Waals surface area contributed by atoms with Crippen LogP contribution in [0.2, 0.25) is 0 Å². The van der Waals surface area contributed by atoms with E-state index in [9.17, 15) is 4.79 Å². The molecular weight excluding hydrogens is 264 g/mol. The van der Waals surface area contributed by atoms with Crippen molar-refractivity contribution in [2.75, 3.05) is 12.4 Å². The molecule has 0 bridgehead atoms. The lowest BCUT2D eigenvalue weighted by molar-refractivity contribution is 0.0606. The van der Waals surface area contributed by atoms with Crippen molar-refractivity contribution >= 4 is 28.1 Å². The minimum Gasteiger partial charge on any atom is -0.465 e. The van der Waals surface area contributed by atoms with Gasteiger partial charge in [-0.15, -0.1) is 0 Å². The smallest absolute Gasteiger partial charge is 0.349 e. The van der Waals surface area contributed by atoms with Crippen molar-refractivity contribution in [1.82, 2.24) is 14.8 Å². The van der Waals surface area contributed by atoms with Gasteiger partial charge in [0.2, 0.25) is 0 Å². The fourth-order valence-corrected chi connectivity index (χ4v) is 2.42. The highest BCUT2D eigenvalue weighted by atomic mass is 32.1. The molecule has 6 nitrogen and oxygen atoms in total. The quantitative estimate of drug-likeness (QED) is 0.872. The van der Waals surface area contributed by atoms with Crippen molar-refractivity contribution in [1.29, 1.82) is 0 Å². The van der Waals surface area contributed by atoms with Crippen molar-refractivity contribution in [2.24, 2.45) is 7.05 Å². The van der Waals surface area contributed by atoms with Gasteiger partial charge in [0.05, 0.1) is 24.7 Å². The molecule has 0 saturated carbocycles. The molecule has 0 aromatic carbocycles. The molecule has 2 aromatic rings. The van der Waals surface area contributed by atoms with E-state index >= 15 is 0 Å². The van der Waals surface area contributed by atoms with Crippen molar-refractivity contribution in [2.45, 2.75) is 19.8 Å². The van der Waals surface area contributed by atoms with E-state index in [-0.39, 0.29) is 5.97 Å². The van der Waals surface area contributed by atoms with Gasteiger partial charge in [0.15, 0.2) is 5.13 Å². The van der Waals surface area contributed by atoms with Gasteiger partial charge in [0, 0.05) is 13.2 Å². The first-order valence-corrected chi connectivity index (χ1v) is 6.67. The van der Waals surface area contributed by atoms with Crippen LogP contribution >= 0.6 is 11.3 Å². The van der Waals surface area contributed by atoms with E-state index in [1.165, 1.54) is 24.6 Å². The Morgan fingerprint density at radius 1 is 1.53 bits per heavy atom. The summed E-state index contributed by atoms with van der Waals surface area (Å²) in [6.45, 7) is 4.16. The maximum Gasteiger partial charge on any atom is 0.349 e. The van der Waals surface area contributed by atoms with Gasteiger partial charge in [-0.1, -0.05) is 25.2 Å². The first-order chi connectivity index (χ1) is 9.01. The first kappa shape index (κ1) is 13.5. The summed E-state index contributed by atoms with van der Waals surface area (Å²) in [5.74, 6) is -0.0652. The van der Waals surface area contributed by atoms with E-state index in [0.29, 0.717) is 15.9 Å². The van der Waals surface area contributed by atoms with Gasteiger partial charge in [-0.05, 0) is 5.92 Å². The summed E-state index contributed by atoms with van der Waals surface area (Å²) in [6, 6.07) is 0. The third-order valence-corrected chi connectivity index (χ3v) is 3.43. The predicted molar refractivity (Wildman–Crippen MR) is 74.0 cm³/mol. The highest BCUT2D eigenvalue weighted by Crippen LogP contribution is 2.28. The van der Waals surface area contributed by atoms with E-state index in [2.05, 4.69) is 34.0 Å². The molecule has 0 amide bonds. The maximum absolute atomic E-state index is 11.4. The van der Waals surface area contributed by atoms with Crippen molar-refractivity contribution in [3.8, 4) is 0 Å². The predicted octanol–water partition coefficient (Wildman–Crippen LogP) is 2.53. The van der Waals surface area contributed by atoms with Crippen LogP contribution in [-0.4, -0.2) is 27.8 Å². The lowest BCUT2D eigenvalue weighted by Crippen LogP contribution is -1.97. The molecule has 19 heavy (non-hydrogen) atoms. The number of anilines is 2. The molecule has 0 atom stereocenters. The van der Waals surface area contributed by atoms with Crippen LogP contribution in [0.5, 0.6) is 0 Å². The van der Waals surface area contributed by atoms with Gasteiger partial charge in [-0.2, -0.15) is 5.10 Å². The SMILES string of the molecule is COC(=O)c1cnc(Nc2cn(C)nc2C(C)C)s1. The number of hydrogen-bond acceptors (Lipinski definition) is 6. The number of carbonyl (C=O) groups is 1. The zero-order chi connectivity index (χ0) is 14.0. The molecule has 7 heteroatoms. The highest BCUT2D eigenvalue weighted by Gasteiger charge is 2.15.